The summed E-state index contributed by atoms with van der Waals surface area (Å²) in [5.74, 6) is 1.77. The fourth-order valence-electron chi connectivity index (χ4n) is 2.19. The maximum absolute atomic E-state index is 5.97. The van der Waals surface area contributed by atoms with Crippen molar-refractivity contribution in [2.24, 2.45) is 0 Å². The molecule has 0 amide bonds. The maximum Gasteiger partial charge on any atom is 0.224 e. The summed E-state index contributed by atoms with van der Waals surface area (Å²) in [6.07, 6.45) is 2.36. The second kappa shape index (κ2) is 4.64. The van der Waals surface area contributed by atoms with E-state index in [1.165, 1.54) is 6.39 Å². The van der Waals surface area contributed by atoms with Gasteiger partial charge in [0.1, 0.15) is 11.3 Å². The molecule has 20 heavy (non-hydrogen) atoms. The van der Waals surface area contributed by atoms with Crippen molar-refractivity contribution in [1.82, 2.24) is 15.0 Å². The zero-order valence-corrected chi connectivity index (χ0v) is 11.8. The van der Waals surface area contributed by atoms with Crippen molar-refractivity contribution in [3.8, 4) is 0 Å². The molecule has 0 radical (unpaired) electrons. The predicted octanol–water partition coefficient (Wildman–Crippen LogP) is 3.66. The molecule has 0 bridgehead atoms. The highest BCUT2D eigenvalue weighted by molar-refractivity contribution is 7.99. The SMILES string of the molecule is Clc1nc2c(c(Nc3ccc4ncoc4c3)n1)SCC2. The van der Waals surface area contributed by atoms with E-state index in [9.17, 15) is 0 Å². The Labute approximate surface area is 123 Å². The molecule has 1 N–H and O–H groups in total. The Balaban J connectivity index is 1.75. The summed E-state index contributed by atoms with van der Waals surface area (Å²) in [6.45, 7) is 0. The van der Waals surface area contributed by atoms with Gasteiger partial charge in [-0.2, -0.15) is 4.98 Å². The third-order valence-electron chi connectivity index (χ3n) is 3.09. The molecule has 4 rings (SSSR count). The van der Waals surface area contributed by atoms with Crippen LogP contribution in [0.25, 0.3) is 11.1 Å². The van der Waals surface area contributed by atoms with Crippen LogP contribution >= 0.6 is 23.4 Å². The van der Waals surface area contributed by atoms with Crippen LogP contribution in [0.5, 0.6) is 0 Å². The molecule has 100 valence electrons. The molecule has 0 saturated heterocycles. The second-order valence-corrected chi connectivity index (χ2v) is 5.82. The number of thioether (sulfide) groups is 1. The fourth-order valence-corrected chi connectivity index (χ4v) is 3.43. The highest BCUT2D eigenvalue weighted by Gasteiger charge is 2.20. The van der Waals surface area contributed by atoms with Crippen molar-refractivity contribution in [3.63, 3.8) is 0 Å². The zero-order valence-electron chi connectivity index (χ0n) is 10.3. The molecule has 0 aliphatic carbocycles. The Bertz CT molecular complexity index is 804. The molecule has 0 spiro atoms. The molecule has 2 aromatic heterocycles. The van der Waals surface area contributed by atoms with Crippen LogP contribution in [0.2, 0.25) is 5.28 Å². The number of nitrogens with one attached hydrogen (secondary N) is 1. The van der Waals surface area contributed by atoms with Crippen LogP contribution in [0.15, 0.2) is 33.9 Å². The molecule has 5 nitrogen and oxygen atoms in total. The van der Waals surface area contributed by atoms with Crippen LogP contribution in [0.1, 0.15) is 5.69 Å². The molecule has 1 aliphatic rings. The van der Waals surface area contributed by atoms with Crippen molar-refractivity contribution in [3.05, 3.63) is 35.6 Å². The summed E-state index contributed by atoms with van der Waals surface area (Å²) in [6, 6.07) is 5.73. The Morgan fingerprint density at radius 1 is 1.30 bits per heavy atom. The molecule has 1 aromatic carbocycles. The molecular formula is C13H9ClN4OS. The van der Waals surface area contributed by atoms with E-state index in [0.717, 1.165) is 45.4 Å². The summed E-state index contributed by atoms with van der Waals surface area (Å²) in [5.41, 5.74) is 3.47. The lowest BCUT2D eigenvalue weighted by molar-refractivity contribution is 0.602. The lowest BCUT2D eigenvalue weighted by atomic mass is 10.2. The molecule has 7 heteroatoms. The molecule has 0 unspecified atom stereocenters. The van der Waals surface area contributed by atoms with E-state index in [1.54, 1.807) is 11.8 Å². The van der Waals surface area contributed by atoms with Crippen molar-refractivity contribution >= 4 is 46.0 Å². The van der Waals surface area contributed by atoms with Crippen LogP contribution < -0.4 is 5.32 Å². The number of benzene rings is 1. The van der Waals surface area contributed by atoms with E-state index < -0.39 is 0 Å². The van der Waals surface area contributed by atoms with Gasteiger partial charge in [-0.1, -0.05) is 0 Å². The first-order valence-corrected chi connectivity index (χ1v) is 7.45. The van der Waals surface area contributed by atoms with Gasteiger partial charge in [-0.15, -0.1) is 11.8 Å². The van der Waals surface area contributed by atoms with Gasteiger partial charge in [0.15, 0.2) is 12.0 Å². The molecule has 0 atom stereocenters. The number of aryl methyl sites for hydroxylation is 1. The van der Waals surface area contributed by atoms with Crippen LogP contribution in [-0.2, 0) is 6.42 Å². The van der Waals surface area contributed by atoms with E-state index in [1.807, 2.05) is 18.2 Å². The predicted molar refractivity (Wildman–Crippen MR) is 78.8 cm³/mol. The van der Waals surface area contributed by atoms with Gasteiger partial charge in [0.05, 0.1) is 10.6 Å². The third kappa shape index (κ3) is 2.01. The van der Waals surface area contributed by atoms with Gasteiger partial charge < -0.3 is 9.73 Å². The number of anilines is 2. The van der Waals surface area contributed by atoms with Gasteiger partial charge in [-0.25, -0.2) is 9.97 Å². The molecule has 0 saturated carbocycles. The Kier molecular flexibility index (Phi) is 2.78. The van der Waals surface area contributed by atoms with Gasteiger partial charge in [0.25, 0.3) is 0 Å². The van der Waals surface area contributed by atoms with Crippen molar-refractivity contribution in [1.29, 1.82) is 0 Å². The van der Waals surface area contributed by atoms with Gasteiger partial charge in [-0.05, 0) is 23.7 Å². The fraction of sp³-hybridized carbons (Fsp3) is 0.154. The highest BCUT2D eigenvalue weighted by Crippen LogP contribution is 2.37. The first-order chi connectivity index (χ1) is 9.79. The Hall–Kier alpha value is -1.79. The van der Waals surface area contributed by atoms with E-state index in [0.29, 0.717) is 0 Å². The minimum absolute atomic E-state index is 0.273. The number of hydrogen-bond donors (Lipinski definition) is 1. The average Bonchev–Trinajstić information content (AvgIpc) is 3.05. The summed E-state index contributed by atoms with van der Waals surface area (Å²) in [5, 5.41) is 3.56. The lowest BCUT2D eigenvalue weighted by Crippen LogP contribution is -1.99. The van der Waals surface area contributed by atoms with Gasteiger partial charge in [-0.3, -0.25) is 0 Å². The quantitative estimate of drug-likeness (QED) is 0.729. The molecular weight excluding hydrogens is 296 g/mol. The number of nitrogens with zero attached hydrogens (tertiary/aromatic N) is 3. The number of aromatic nitrogens is 3. The standard InChI is InChI=1S/C13H9ClN4OS/c14-13-17-9-3-4-20-11(9)12(18-13)16-7-1-2-8-10(5-7)19-6-15-8/h1-2,5-6H,3-4H2,(H,16,17,18). The van der Waals surface area contributed by atoms with Crippen LogP contribution in [0.3, 0.4) is 0 Å². The van der Waals surface area contributed by atoms with E-state index in [2.05, 4.69) is 20.3 Å². The minimum atomic E-state index is 0.273. The maximum atomic E-state index is 5.97. The first kappa shape index (κ1) is 12.0. The molecule has 3 heterocycles. The number of oxazole rings is 1. The summed E-state index contributed by atoms with van der Waals surface area (Å²) >= 11 is 7.72. The van der Waals surface area contributed by atoms with Gasteiger partial charge in [0.2, 0.25) is 5.28 Å². The van der Waals surface area contributed by atoms with E-state index in [-0.39, 0.29) is 5.28 Å². The number of halogens is 1. The minimum Gasteiger partial charge on any atom is -0.443 e. The third-order valence-corrected chi connectivity index (χ3v) is 4.38. The van der Waals surface area contributed by atoms with Gasteiger partial charge in [0, 0.05) is 23.9 Å². The normalized spacial score (nSPS) is 13.7. The number of hydrogen-bond acceptors (Lipinski definition) is 6. The van der Waals surface area contributed by atoms with Crippen LogP contribution in [0.4, 0.5) is 11.5 Å². The highest BCUT2D eigenvalue weighted by atomic mass is 35.5. The summed E-state index contributed by atoms with van der Waals surface area (Å²) < 4.78 is 5.30. The first-order valence-electron chi connectivity index (χ1n) is 6.09. The number of fused-ring (bicyclic) bond motifs is 2. The van der Waals surface area contributed by atoms with Crippen molar-refractivity contribution in [2.75, 3.05) is 11.1 Å². The smallest absolute Gasteiger partial charge is 0.224 e. The largest absolute Gasteiger partial charge is 0.443 e. The Morgan fingerprint density at radius 3 is 3.20 bits per heavy atom. The molecule has 1 aliphatic heterocycles. The van der Waals surface area contributed by atoms with E-state index in [4.69, 9.17) is 16.0 Å². The topological polar surface area (TPSA) is 63.8 Å². The zero-order chi connectivity index (χ0) is 13.5. The summed E-state index contributed by atoms with van der Waals surface area (Å²) in [7, 11) is 0. The lowest BCUT2D eigenvalue weighted by Gasteiger charge is -2.09. The van der Waals surface area contributed by atoms with Crippen molar-refractivity contribution < 1.29 is 4.42 Å². The molecule has 0 fully saturated rings. The van der Waals surface area contributed by atoms with Crippen molar-refractivity contribution in [2.45, 2.75) is 11.3 Å². The van der Waals surface area contributed by atoms with E-state index >= 15 is 0 Å². The van der Waals surface area contributed by atoms with Gasteiger partial charge >= 0.3 is 0 Å². The summed E-state index contributed by atoms with van der Waals surface area (Å²) in [4.78, 5) is 13.7. The van der Waals surface area contributed by atoms with Crippen LogP contribution in [0, 0.1) is 0 Å². The Morgan fingerprint density at radius 2 is 2.25 bits per heavy atom. The molecule has 3 aromatic rings. The monoisotopic (exact) mass is 304 g/mol. The van der Waals surface area contributed by atoms with Crippen LogP contribution in [-0.4, -0.2) is 20.7 Å². The average molecular weight is 305 g/mol. The number of rotatable bonds is 2. The second-order valence-electron chi connectivity index (χ2n) is 4.38.